The molecule has 1 N–H and O–H groups in total. The monoisotopic (exact) mass is 399 g/mol. The van der Waals surface area contributed by atoms with Crippen molar-refractivity contribution in [3.63, 3.8) is 0 Å². The van der Waals surface area contributed by atoms with Crippen molar-refractivity contribution >= 4 is 51.4 Å². The third-order valence-corrected chi connectivity index (χ3v) is 5.52. The number of carbonyl (C=O) groups is 1. The summed E-state index contributed by atoms with van der Waals surface area (Å²) in [5.74, 6) is 0. The molecule has 27 heavy (non-hydrogen) atoms. The molecule has 0 unspecified atom stereocenters. The second kappa shape index (κ2) is 7.67. The van der Waals surface area contributed by atoms with E-state index in [1.807, 2.05) is 65.6 Å². The van der Waals surface area contributed by atoms with E-state index in [4.69, 9.17) is 23.2 Å². The number of amides is 2. The molecule has 1 fully saturated rings. The number of rotatable bonds is 2. The minimum Gasteiger partial charge on any atom is -0.368 e. The summed E-state index contributed by atoms with van der Waals surface area (Å²) in [5.41, 5.74) is 1.76. The van der Waals surface area contributed by atoms with Crippen molar-refractivity contribution in [2.24, 2.45) is 0 Å². The number of nitrogens with zero attached hydrogens (tertiary/aromatic N) is 2. The quantitative estimate of drug-likeness (QED) is 0.617. The van der Waals surface area contributed by atoms with Gasteiger partial charge in [0.2, 0.25) is 0 Å². The summed E-state index contributed by atoms with van der Waals surface area (Å²) >= 11 is 12.4. The topological polar surface area (TPSA) is 35.6 Å². The smallest absolute Gasteiger partial charge is 0.322 e. The Morgan fingerprint density at radius 1 is 0.852 bits per heavy atom. The summed E-state index contributed by atoms with van der Waals surface area (Å²) < 4.78 is 0. The van der Waals surface area contributed by atoms with Crippen LogP contribution in [0, 0.1) is 0 Å². The zero-order chi connectivity index (χ0) is 18.8. The van der Waals surface area contributed by atoms with Gasteiger partial charge in [-0.2, -0.15) is 0 Å². The molecule has 0 aliphatic carbocycles. The Bertz CT molecular complexity index is 967. The van der Waals surface area contributed by atoms with Crippen molar-refractivity contribution in [2.75, 3.05) is 36.4 Å². The van der Waals surface area contributed by atoms with E-state index < -0.39 is 0 Å². The Balaban J connectivity index is 1.41. The molecule has 6 heteroatoms. The summed E-state index contributed by atoms with van der Waals surface area (Å²) in [4.78, 5) is 16.7. The summed E-state index contributed by atoms with van der Waals surface area (Å²) in [6.07, 6.45) is 0. The predicted octanol–water partition coefficient (Wildman–Crippen LogP) is 5.50. The Kier molecular flexibility index (Phi) is 5.10. The highest BCUT2D eigenvalue weighted by Gasteiger charge is 2.22. The van der Waals surface area contributed by atoms with Gasteiger partial charge in [0, 0.05) is 42.3 Å². The largest absolute Gasteiger partial charge is 0.368 e. The number of piperazine rings is 1. The number of hydrogen-bond donors (Lipinski definition) is 1. The highest BCUT2D eigenvalue weighted by Crippen LogP contribution is 2.31. The molecule has 0 bridgehead atoms. The van der Waals surface area contributed by atoms with Crippen LogP contribution in [0.25, 0.3) is 10.8 Å². The number of fused-ring (bicyclic) bond motifs is 1. The number of anilines is 2. The SMILES string of the molecule is O=C(Nc1ccc2ccccc2c1Cl)N1CCN(c2ccc(Cl)cc2)CC1. The normalized spacial score (nSPS) is 14.4. The van der Waals surface area contributed by atoms with Crippen LogP contribution in [0.3, 0.4) is 0 Å². The van der Waals surface area contributed by atoms with E-state index >= 15 is 0 Å². The minimum atomic E-state index is -0.122. The molecule has 0 atom stereocenters. The Labute approximate surface area is 168 Å². The number of carbonyl (C=O) groups excluding carboxylic acids is 1. The average molecular weight is 400 g/mol. The molecule has 0 saturated carbocycles. The first-order valence-corrected chi connectivity index (χ1v) is 9.61. The van der Waals surface area contributed by atoms with Crippen LogP contribution in [0.2, 0.25) is 10.0 Å². The van der Waals surface area contributed by atoms with E-state index in [0.29, 0.717) is 23.8 Å². The van der Waals surface area contributed by atoms with Gasteiger partial charge in [-0.1, -0.05) is 53.5 Å². The van der Waals surface area contributed by atoms with Gasteiger partial charge in [-0.3, -0.25) is 0 Å². The van der Waals surface area contributed by atoms with Crippen LogP contribution in [-0.4, -0.2) is 37.1 Å². The Morgan fingerprint density at radius 3 is 2.30 bits per heavy atom. The van der Waals surface area contributed by atoms with Gasteiger partial charge in [-0.15, -0.1) is 0 Å². The third kappa shape index (κ3) is 3.82. The first-order chi connectivity index (χ1) is 13.1. The molecule has 1 saturated heterocycles. The molecule has 2 amide bonds. The number of halogens is 2. The van der Waals surface area contributed by atoms with E-state index in [1.54, 1.807) is 0 Å². The lowest BCUT2D eigenvalue weighted by molar-refractivity contribution is 0.208. The number of nitrogens with one attached hydrogen (secondary N) is 1. The molecule has 1 aliphatic rings. The number of urea groups is 1. The molecule has 4 rings (SSSR count). The molecule has 4 nitrogen and oxygen atoms in total. The molecule has 0 aromatic heterocycles. The molecular formula is C21H19Cl2N3O. The van der Waals surface area contributed by atoms with Crippen LogP contribution in [0.4, 0.5) is 16.2 Å². The molecule has 1 heterocycles. The number of benzene rings is 3. The van der Waals surface area contributed by atoms with Crippen LogP contribution in [0.15, 0.2) is 60.7 Å². The van der Waals surface area contributed by atoms with Gasteiger partial charge in [-0.25, -0.2) is 4.79 Å². The molecular weight excluding hydrogens is 381 g/mol. The van der Waals surface area contributed by atoms with Crippen LogP contribution >= 0.6 is 23.2 Å². The van der Waals surface area contributed by atoms with Gasteiger partial charge in [0.15, 0.2) is 0 Å². The molecule has 0 radical (unpaired) electrons. The summed E-state index contributed by atoms with van der Waals surface area (Å²) in [6.45, 7) is 2.86. The maximum Gasteiger partial charge on any atom is 0.322 e. The minimum absolute atomic E-state index is 0.122. The van der Waals surface area contributed by atoms with Crippen molar-refractivity contribution in [1.29, 1.82) is 0 Å². The summed E-state index contributed by atoms with van der Waals surface area (Å²) in [5, 5.41) is 6.24. The standard InChI is InChI=1S/C21H19Cl2N3O/c22-16-6-8-17(9-7-16)25-11-13-26(14-12-25)21(27)24-19-10-5-15-3-1-2-4-18(15)20(19)23/h1-10H,11-14H2,(H,24,27). The van der Waals surface area contributed by atoms with Crippen molar-refractivity contribution in [3.05, 3.63) is 70.7 Å². The number of hydrogen-bond acceptors (Lipinski definition) is 2. The van der Waals surface area contributed by atoms with Gasteiger partial charge in [0.1, 0.15) is 0 Å². The van der Waals surface area contributed by atoms with Gasteiger partial charge in [0.25, 0.3) is 0 Å². The summed E-state index contributed by atoms with van der Waals surface area (Å²) in [7, 11) is 0. The maximum atomic E-state index is 12.7. The van der Waals surface area contributed by atoms with E-state index in [9.17, 15) is 4.79 Å². The fourth-order valence-electron chi connectivity index (χ4n) is 3.34. The Hall–Kier alpha value is -2.43. The zero-order valence-corrected chi connectivity index (χ0v) is 16.2. The van der Waals surface area contributed by atoms with Crippen LogP contribution in [0.5, 0.6) is 0 Å². The average Bonchev–Trinajstić information content (AvgIpc) is 2.71. The van der Waals surface area contributed by atoms with Crippen molar-refractivity contribution in [2.45, 2.75) is 0 Å². The van der Waals surface area contributed by atoms with Gasteiger partial charge in [0.05, 0.1) is 10.7 Å². The van der Waals surface area contributed by atoms with Crippen molar-refractivity contribution in [1.82, 2.24) is 4.90 Å². The maximum absolute atomic E-state index is 12.7. The molecule has 138 valence electrons. The van der Waals surface area contributed by atoms with Crippen LogP contribution in [0.1, 0.15) is 0 Å². The second-order valence-electron chi connectivity index (χ2n) is 6.53. The van der Waals surface area contributed by atoms with Gasteiger partial charge >= 0.3 is 6.03 Å². The first kappa shape index (κ1) is 18.0. The van der Waals surface area contributed by atoms with E-state index in [-0.39, 0.29) is 6.03 Å². The lowest BCUT2D eigenvalue weighted by Gasteiger charge is -2.36. The van der Waals surface area contributed by atoms with E-state index in [1.165, 1.54) is 0 Å². The molecule has 3 aromatic carbocycles. The van der Waals surface area contributed by atoms with Crippen molar-refractivity contribution < 1.29 is 4.79 Å². The van der Waals surface area contributed by atoms with E-state index in [0.717, 1.165) is 34.6 Å². The van der Waals surface area contributed by atoms with Gasteiger partial charge < -0.3 is 15.1 Å². The third-order valence-electron chi connectivity index (χ3n) is 4.86. The fraction of sp³-hybridized carbons (Fsp3) is 0.190. The van der Waals surface area contributed by atoms with Gasteiger partial charge in [-0.05, 0) is 35.7 Å². The molecule has 1 aliphatic heterocycles. The zero-order valence-electron chi connectivity index (χ0n) is 14.7. The first-order valence-electron chi connectivity index (χ1n) is 8.85. The summed E-state index contributed by atoms with van der Waals surface area (Å²) in [6, 6.07) is 19.4. The highest BCUT2D eigenvalue weighted by molar-refractivity contribution is 6.38. The predicted molar refractivity (Wildman–Crippen MR) is 113 cm³/mol. The van der Waals surface area contributed by atoms with E-state index in [2.05, 4.69) is 10.2 Å². The molecule has 3 aromatic rings. The highest BCUT2D eigenvalue weighted by atomic mass is 35.5. The van der Waals surface area contributed by atoms with Crippen molar-refractivity contribution in [3.8, 4) is 0 Å². The second-order valence-corrected chi connectivity index (χ2v) is 7.34. The lowest BCUT2D eigenvalue weighted by atomic mass is 10.1. The van der Waals surface area contributed by atoms with Crippen LogP contribution < -0.4 is 10.2 Å². The fourth-order valence-corrected chi connectivity index (χ4v) is 3.75. The lowest BCUT2D eigenvalue weighted by Crippen LogP contribution is -2.50. The Morgan fingerprint density at radius 2 is 1.56 bits per heavy atom. The van der Waals surface area contributed by atoms with Crippen LogP contribution in [-0.2, 0) is 0 Å². The molecule has 0 spiro atoms.